The molecule has 0 atom stereocenters. The van der Waals surface area contributed by atoms with Crippen molar-refractivity contribution in [1.29, 1.82) is 0 Å². The molecule has 0 saturated heterocycles. The standard InChI is InChI=1S/C15H15FN2O3/c1-18(15(20)11-4-3-5-14(16)17-11)9-10-6-7-12(19)13(8-10)21-2/h3-8,19H,9H2,1-2H3. The van der Waals surface area contributed by atoms with Crippen LogP contribution in [0.2, 0.25) is 0 Å². The summed E-state index contributed by atoms with van der Waals surface area (Å²) in [6.45, 7) is 0.285. The molecule has 1 heterocycles. The molecule has 0 saturated carbocycles. The van der Waals surface area contributed by atoms with E-state index in [2.05, 4.69) is 4.98 Å². The topological polar surface area (TPSA) is 62.7 Å². The number of carbonyl (C=O) groups excluding carboxylic acids is 1. The molecule has 6 heteroatoms. The third-order valence-corrected chi connectivity index (χ3v) is 2.94. The first kappa shape index (κ1) is 14.8. The molecule has 2 rings (SSSR count). The first-order valence-electron chi connectivity index (χ1n) is 6.25. The van der Waals surface area contributed by atoms with Gasteiger partial charge < -0.3 is 14.7 Å². The first-order chi connectivity index (χ1) is 10.0. The third-order valence-electron chi connectivity index (χ3n) is 2.94. The molecule has 1 N–H and O–H groups in total. The maximum Gasteiger partial charge on any atom is 0.272 e. The van der Waals surface area contributed by atoms with Gasteiger partial charge >= 0.3 is 0 Å². The highest BCUT2D eigenvalue weighted by Crippen LogP contribution is 2.26. The number of aromatic hydroxyl groups is 1. The lowest BCUT2D eigenvalue weighted by Gasteiger charge is -2.17. The van der Waals surface area contributed by atoms with Gasteiger partial charge in [0.25, 0.3) is 5.91 Å². The number of halogens is 1. The molecule has 5 nitrogen and oxygen atoms in total. The highest BCUT2D eigenvalue weighted by atomic mass is 19.1. The fourth-order valence-corrected chi connectivity index (χ4v) is 1.89. The number of hydrogen-bond acceptors (Lipinski definition) is 4. The van der Waals surface area contributed by atoms with E-state index in [9.17, 15) is 14.3 Å². The van der Waals surface area contributed by atoms with Crippen LogP contribution in [0.1, 0.15) is 16.1 Å². The second kappa shape index (κ2) is 6.21. The van der Waals surface area contributed by atoms with Gasteiger partial charge in [-0.15, -0.1) is 0 Å². The molecular weight excluding hydrogens is 275 g/mol. The molecule has 0 bridgehead atoms. The van der Waals surface area contributed by atoms with E-state index in [0.29, 0.717) is 5.75 Å². The van der Waals surface area contributed by atoms with Gasteiger partial charge in [0.2, 0.25) is 5.95 Å². The molecule has 0 aliphatic carbocycles. The van der Waals surface area contributed by atoms with Crippen LogP contribution in [0.4, 0.5) is 4.39 Å². The minimum atomic E-state index is -0.694. The van der Waals surface area contributed by atoms with Crippen LogP contribution >= 0.6 is 0 Å². The summed E-state index contributed by atoms with van der Waals surface area (Å²) in [4.78, 5) is 17.1. The van der Waals surface area contributed by atoms with Crippen molar-refractivity contribution in [2.24, 2.45) is 0 Å². The summed E-state index contributed by atoms with van der Waals surface area (Å²) >= 11 is 0. The van der Waals surface area contributed by atoms with E-state index in [1.165, 1.54) is 36.3 Å². The van der Waals surface area contributed by atoms with Crippen molar-refractivity contribution in [2.75, 3.05) is 14.2 Å². The van der Waals surface area contributed by atoms with Gasteiger partial charge in [-0.25, -0.2) is 4.98 Å². The maximum atomic E-state index is 13.0. The van der Waals surface area contributed by atoms with E-state index < -0.39 is 5.95 Å². The Morgan fingerprint density at radius 3 is 2.81 bits per heavy atom. The van der Waals surface area contributed by atoms with Gasteiger partial charge in [-0.3, -0.25) is 4.79 Å². The Labute approximate surface area is 121 Å². The molecule has 110 valence electrons. The van der Waals surface area contributed by atoms with Crippen molar-refractivity contribution in [3.63, 3.8) is 0 Å². The Morgan fingerprint density at radius 2 is 2.14 bits per heavy atom. The summed E-state index contributed by atoms with van der Waals surface area (Å²) in [5.41, 5.74) is 0.820. The Kier molecular flexibility index (Phi) is 4.37. The zero-order chi connectivity index (χ0) is 15.4. The quantitative estimate of drug-likeness (QED) is 0.877. The Morgan fingerprint density at radius 1 is 1.38 bits per heavy atom. The van der Waals surface area contributed by atoms with Crippen LogP contribution < -0.4 is 4.74 Å². The Balaban J connectivity index is 2.14. The molecule has 21 heavy (non-hydrogen) atoms. The van der Waals surface area contributed by atoms with Crippen LogP contribution in [0.25, 0.3) is 0 Å². The van der Waals surface area contributed by atoms with Gasteiger partial charge in [-0.1, -0.05) is 12.1 Å². The van der Waals surface area contributed by atoms with Crippen LogP contribution in [0, 0.1) is 5.95 Å². The Hall–Kier alpha value is -2.63. The number of benzene rings is 1. The number of phenolic OH excluding ortho intramolecular Hbond substituents is 1. The van der Waals surface area contributed by atoms with Gasteiger partial charge in [0.1, 0.15) is 5.69 Å². The zero-order valence-electron chi connectivity index (χ0n) is 11.7. The number of amides is 1. The van der Waals surface area contributed by atoms with Crippen LogP contribution in [0.15, 0.2) is 36.4 Å². The number of rotatable bonds is 4. The number of nitrogens with zero attached hydrogens (tertiary/aromatic N) is 2. The van der Waals surface area contributed by atoms with E-state index in [-0.39, 0.29) is 23.9 Å². The van der Waals surface area contributed by atoms with Gasteiger partial charge in [0.05, 0.1) is 7.11 Å². The predicted octanol–water partition coefficient (Wildman–Crippen LogP) is 2.21. The van der Waals surface area contributed by atoms with Crippen molar-refractivity contribution in [2.45, 2.75) is 6.54 Å². The third kappa shape index (κ3) is 3.47. The van der Waals surface area contributed by atoms with E-state index in [1.807, 2.05) is 0 Å². The van der Waals surface area contributed by atoms with Crippen molar-refractivity contribution in [3.05, 3.63) is 53.6 Å². The van der Waals surface area contributed by atoms with Crippen LogP contribution in [-0.4, -0.2) is 35.1 Å². The average molecular weight is 290 g/mol. The molecule has 0 spiro atoms. The lowest BCUT2D eigenvalue weighted by atomic mass is 10.2. The van der Waals surface area contributed by atoms with Gasteiger partial charge in [0.15, 0.2) is 11.5 Å². The molecule has 1 aromatic carbocycles. The summed E-state index contributed by atoms with van der Waals surface area (Å²) < 4.78 is 18.0. The zero-order valence-corrected chi connectivity index (χ0v) is 11.7. The smallest absolute Gasteiger partial charge is 0.272 e. The molecular formula is C15H15FN2O3. The lowest BCUT2D eigenvalue weighted by Crippen LogP contribution is -2.27. The molecule has 0 aliphatic heterocycles. The minimum Gasteiger partial charge on any atom is -0.504 e. The van der Waals surface area contributed by atoms with Gasteiger partial charge in [-0.05, 0) is 29.8 Å². The van der Waals surface area contributed by atoms with E-state index in [0.717, 1.165) is 5.56 Å². The van der Waals surface area contributed by atoms with Crippen molar-refractivity contribution >= 4 is 5.91 Å². The molecule has 1 aromatic heterocycles. The second-order valence-corrected chi connectivity index (χ2v) is 4.51. The van der Waals surface area contributed by atoms with Crippen molar-refractivity contribution in [3.8, 4) is 11.5 Å². The van der Waals surface area contributed by atoms with E-state index in [4.69, 9.17) is 4.74 Å². The van der Waals surface area contributed by atoms with E-state index >= 15 is 0 Å². The molecule has 1 amide bonds. The predicted molar refractivity (Wildman–Crippen MR) is 74.7 cm³/mol. The summed E-state index contributed by atoms with van der Waals surface area (Å²) in [5, 5.41) is 9.53. The summed E-state index contributed by atoms with van der Waals surface area (Å²) in [6.07, 6.45) is 0. The minimum absolute atomic E-state index is 0.0297. The van der Waals surface area contributed by atoms with Crippen LogP contribution in [-0.2, 0) is 6.54 Å². The molecule has 0 aliphatic rings. The van der Waals surface area contributed by atoms with E-state index in [1.54, 1.807) is 19.2 Å². The number of aromatic nitrogens is 1. The van der Waals surface area contributed by atoms with Crippen LogP contribution in [0.5, 0.6) is 11.5 Å². The number of methoxy groups -OCH3 is 1. The lowest BCUT2D eigenvalue weighted by molar-refractivity contribution is 0.0778. The average Bonchev–Trinajstić information content (AvgIpc) is 2.48. The Bertz CT molecular complexity index is 661. The summed E-state index contributed by atoms with van der Waals surface area (Å²) in [6, 6.07) is 8.89. The number of ether oxygens (including phenoxy) is 1. The fraction of sp³-hybridized carbons (Fsp3) is 0.200. The van der Waals surface area contributed by atoms with Crippen molar-refractivity contribution in [1.82, 2.24) is 9.88 Å². The number of carbonyl (C=O) groups is 1. The first-order valence-corrected chi connectivity index (χ1v) is 6.25. The fourth-order valence-electron chi connectivity index (χ4n) is 1.89. The van der Waals surface area contributed by atoms with Crippen LogP contribution in [0.3, 0.4) is 0 Å². The summed E-state index contributed by atoms with van der Waals surface area (Å²) in [5.74, 6) is -0.721. The monoisotopic (exact) mass is 290 g/mol. The highest BCUT2D eigenvalue weighted by molar-refractivity contribution is 5.92. The van der Waals surface area contributed by atoms with Crippen molar-refractivity contribution < 1.29 is 19.0 Å². The van der Waals surface area contributed by atoms with Gasteiger partial charge in [0, 0.05) is 13.6 Å². The normalized spacial score (nSPS) is 10.2. The second-order valence-electron chi connectivity index (χ2n) is 4.51. The largest absolute Gasteiger partial charge is 0.504 e. The molecule has 0 radical (unpaired) electrons. The number of hydrogen-bond donors (Lipinski definition) is 1. The summed E-state index contributed by atoms with van der Waals surface area (Å²) in [7, 11) is 3.04. The maximum absolute atomic E-state index is 13.0. The van der Waals surface area contributed by atoms with Gasteiger partial charge in [-0.2, -0.15) is 4.39 Å². The molecule has 2 aromatic rings. The molecule has 0 unspecified atom stereocenters. The molecule has 0 fully saturated rings. The highest BCUT2D eigenvalue weighted by Gasteiger charge is 2.14. The SMILES string of the molecule is COc1cc(CN(C)C(=O)c2cccc(F)n2)ccc1O. The number of phenols is 1. The number of pyridine rings is 1.